The number of hydrogen-bond donors (Lipinski definition) is 0. The Kier molecular flexibility index (Phi) is 6.12. The van der Waals surface area contributed by atoms with Gasteiger partial charge in [-0.3, -0.25) is 14.9 Å². The van der Waals surface area contributed by atoms with Crippen molar-refractivity contribution in [3.05, 3.63) is 60.2 Å². The number of aromatic nitrogens is 2. The van der Waals surface area contributed by atoms with Gasteiger partial charge in [0.05, 0.1) is 12.2 Å². The molecule has 0 radical (unpaired) electrons. The molecule has 0 aromatic carbocycles. The van der Waals surface area contributed by atoms with Gasteiger partial charge in [0.1, 0.15) is 0 Å². The average Bonchev–Trinajstić information content (AvgIpc) is 3.11. The monoisotopic (exact) mass is 367 g/mol. The number of pyridine rings is 2. The highest BCUT2D eigenvalue weighted by atomic mass is 16.5. The van der Waals surface area contributed by atoms with Gasteiger partial charge in [-0.25, -0.2) is 0 Å². The minimum absolute atomic E-state index is 0.0749. The first-order valence-corrected chi connectivity index (χ1v) is 10.1. The van der Waals surface area contributed by atoms with Crippen LogP contribution in [0.3, 0.4) is 0 Å². The predicted octanol–water partition coefficient (Wildman–Crippen LogP) is 3.45. The summed E-state index contributed by atoms with van der Waals surface area (Å²) in [7, 11) is 0. The molecule has 4 rings (SSSR count). The molecule has 5 nitrogen and oxygen atoms in total. The average molecular weight is 367 g/mol. The van der Waals surface area contributed by atoms with Crippen molar-refractivity contribution >= 4 is 0 Å². The van der Waals surface area contributed by atoms with Gasteiger partial charge in [-0.15, -0.1) is 0 Å². The maximum absolute atomic E-state index is 6.31. The van der Waals surface area contributed by atoms with Crippen LogP contribution >= 0.6 is 0 Å². The fraction of sp³-hybridized carbons (Fsp3) is 0.545. The molecule has 2 saturated heterocycles. The minimum Gasteiger partial charge on any atom is -0.377 e. The van der Waals surface area contributed by atoms with Crippen molar-refractivity contribution < 1.29 is 9.47 Å². The van der Waals surface area contributed by atoms with Gasteiger partial charge in [0.15, 0.2) is 0 Å². The van der Waals surface area contributed by atoms with Crippen LogP contribution in [0.1, 0.15) is 36.8 Å². The van der Waals surface area contributed by atoms with Crippen LogP contribution in [0.2, 0.25) is 0 Å². The van der Waals surface area contributed by atoms with E-state index < -0.39 is 0 Å². The van der Waals surface area contributed by atoms with E-state index in [2.05, 4.69) is 20.9 Å². The molecule has 2 aliphatic heterocycles. The molecule has 1 atom stereocenters. The summed E-state index contributed by atoms with van der Waals surface area (Å²) in [6, 6.07) is 8.20. The lowest BCUT2D eigenvalue weighted by Gasteiger charge is -2.42. The molecule has 4 heterocycles. The second kappa shape index (κ2) is 8.91. The van der Waals surface area contributed by atoms with Crippen molar-refractivity contribution in [3.8, 4) is 0 Å². The second-order valence-corrected chi connectivity index (χ2v) is 7.73. The third-order valence-corrected chi connectivity index (χ3v) is 6.06. The molecule has 2 aromatic heterocycles. The fourth-order valence-corrected chi connectivity index (χ4v) is 4.48. The first-order valence-electron chi connectivity index (χ1n) is 10.1. The van der Waals surface area contributed by atoms with Crippen LogP contribution in [0.25, 0.3) is 0 Å². The van der Waals surface area contributed by atoms with Crippen molar-refractivity contribution in [2.75, 3.05) is 26.3 Å². The Bertz CT molecular complexity index is 687. The van der Waals surface area contributed by atoms with Crippen LogP contribution in [-0.4, -0.2) is 46.8 Å². The van der Waals surface area contributed by atoms with Gasteiger partial charge in [-0.05, 0) is 60.9 Å². The van der Waals surface area contributed by atoms with Crippen molar-refractivity contribution in [1.29, 1.82) is 0 Å². The van der Waals surface area contributed by atoms with Gasteiger partial charge < -0.3 is 9.47 Å². The standard InChI is InChI=1S/C22H29N3O2/c1-2-20(16-24-9-1)17-25-12-7-22(8-13-25)21(6-15-27-22)5-14-26-18-19-3-10-23-11-4-19/h1-4,9-11,16,21H,5-8,12-15,17-18H2. The zero-order chi connectivity index (χ0) is 18.4. The van der Waals surface area contributed by atoms with Crippen LogP contribution in [0, 0.1) is 5.92 Å². The van der Waals surface area contributed by atoms with E-state index in [0.717, 1.165) is 52.1 Å². The third kappa shape index (κ3) is 4.72. The molecule has 2 aromatic rings. The Balaban J connectivity index is 1.23. The van der Waals surface area contributed by atoms with Crippen molar-refractivity contribution in [2.24, 2.45) is 5.92 Å². The zero-order valence-electron chi connectivity index (χ0n) is 15.9. The van der Waals surface area contributed by atoms with Crippen LogP contribution in [0.15, 0.2) is 49.1 Å². The highest BCUT2D eigenvalue weighted by Gasteiger charge is 2.45. The van der Waals surface area contributed by atoms with Gasteiger partial charge in [0.25, 0.3) is 0 Å². The van der Waals surface area contributed by atoms with Crippen molar-refractivity contribution in [3.63, 3.8) is 0 Å². The molecule has 1 unspecified atom stereocenters. The smallest absolute Gasteiger partial charge is 0.0736 e. The molecule has 0 aliphatic carbocycles. The zero-order valence-corrected chi connectivity index (χ0v) is 15.9. The van der Waals surface area contributed by atoms with Crippen LogP contribution in [-0.2, 0) is 22.6 Å². The topological polar surface area (TPSA) is 47.5 Å². The number of rotatable bonds is 7. The lowest BCUT2D eigenvalue weighted by molar-refractivity contribution is -0.0733. The summed E-state index contributed by atoms with van der Waals surface area (Å²) in [5, 5.41) is 0. The Morgan fingerprint density at radius 1 is 1.07 bits per heavy atom. The van der Waals surface area contributed by atoms with E-state index >= 15 is 0 Å². The summed E-state index contributed by atoms with van der Waals surface area (Å²) in [5.41, 5.74) is 2.55. The summed E-state index contributed by atoms with van der Waals surface area (Å²) in [4.78, 5) is 10.8. The number of nitrogens with zero attached hydrogens (tertiary/aromatic N) is 3. The van der Waals surface area contributed by atoms with E-state index in [4.69, 9.17) is 9.47 Å². The van der Waals surface area contributed by atoms with E-state index in [1.54, 1.807) is 0 Å². The van der Waals surface area contributed by atoms with Gasteiger partial charge in [-0.1, -0.05) is 6.07 Å². The number of likely N-dealkylation sites (tertiary alicyclic amines) is 1. The first-order chi connectivity index (χ1) is 13.3. The SMILES string of the molecule is c1cncc(CN2CCC3(CC2)OCCC3CCOCc2ccncc2)c1. The maximum Gasteiger partial charge on any atom is 0.0736 e. The molecule has 5 heteroatoms. The lowest BCUT2D eigenvalue weighted by atomic mass is 9.78. The molecule has 0 amide bonds. The normalized spacial score (nSPS) is 22.3. The van der Waals surface area contributed by atoms with E-state index in [1.165, 1.54) is 17.5 Å². The Morgan fingerprint density at radius 3 is 2.70 bits per heavy atom. The Hall–Kier alpha value is -1.82. The molecule has 2 aliphatic rings. The summed E-state index contributed by atoms with van der Waals surface area (Å²) in [6.45, 7) is 5.56. The molecule has 0 saturated carbocycles. The number of hydrogen-bond acceptors (Lipinski definition) is 5. The Labute approximate surface area is 161 Å². The van der Waals surface area contributed by atoms with E-state index in [1.807, 2.05) is 43.0 Å². The largest absolute Gasteiger partial charge is 0.377 e. The maximum atomic E-state index is 6.31. The molecule has 0 bridgehead atoms. The van der Waals surface area contributed by atoms with Crippen molar-refractivity contribution in [1.82, 2.24) is 14.9 Å². The van der Waals surface area contributed by atoms with Crippen LogP contribution in [0.5, 0.6) is 0 Å². The fourth-order valence-electron chi connectivity index (χ4n) is 4.48. The third-order valence-electron chi connectivity index (χ3n) is 6.06. The van der Waals surface area contributed by atoms with Crippen LogP contribution < -0.4 is 0 Å². The molecule has 1 spiro atoms. The molecule has 27 heavy (non-hydrogen) atoms. The van der Waals surface area contributed by atoms with E-state index in [9.17, 15) is 0 Å². The van der Waals surface area contributed by atoms with Gasteiger partial charge >= 0.3 is 0 Å². The number of piperidine rings is 1. The van der Waals surface area contributed by atoms with Crippen molar-refractivity contribution in [2.45, 2.75) is 44.4 Å². The number of ether oxygens (including phenoxy) is 2. The molecular formula is C22H29N3O2. The van der Waals surface area contributed by atoms with Gasteiger partial charge in [0.2, 0.25) is 0 Å². The molecule has 2 fully saturated rings. The quantitative estimate of drug-likeness (QED) is 0.702. The highest BCUT2D eigenvalue weighted by molar-refractivity contribution is 5.09. The summed E-state index contributed by atoms with van der Waals surface area (Å²) in [5.74, 6) is 0.621. The summed E-state index contributed by atoms with van der Waals surface area (Å²) >= 11 is 0. The predicted molar refractivity (Wildman–Crippen MR) is 104 cm³/mol. The minimum atomic E-state index is 0.0749. The van der Waals surface area contributed by atoms with E-state index in [0.29, 0.717) is 12.5 Å². The molecular weight excluding hydrogens is 338 g/mol. The summed E-state index contributed by atoms with van der Waals surface area (Å²) in [6.07, 6.45) is 12.0. The van der Waals surface area contributed by atoms with Crippen LogP contribution in [0.4, 0.5) is 0 Å². The Morgan fingerprint density at radius 2 is 1.93 bits per heavy atom. The second-order valence-electron chi connectivity index (χ2n) is 7.73. The van der Waals surface area contributed by atoms with Gasteiger partial charge in [0, 0.05) is 57.6 Å². The molecule has 144 valence electrons. The molecule has 0 N–H and O–H groups in total. The summed E-state index contributed by atoms with van der Waals surface area (Å²) < 4.78 is 12.2. The first kappa shape index (κ1) is 18.5. The van der Waals surface area contributed by atoms with Gasteiger partial charge in [-0.2, -0.15) is 0 Å². The lowest BCUT2D eigenvalue weighted by Crippen LogP contribution is -2.47. The highest BCUT2D eigenvalue weighted by Crippen LogP contribution is 2.42. The van der Waals surface area contributed by atoms with E-state index in [-0.39, 0.29) is 5.60 Å².